The maximum atomic E-state index is 3.36. The van der Waals surface area contributed by atoms with Gasteiger partial charge in [-0.3, -0.25) is 0 Å². The molecule has 68 valence electrons. The Hall–Kier alpha value is -1.32. The summed E-state index contributed by atoms with van der Waals surface area (Å²) >= 11 is 0. The van der Waals surface area contributed by atoms with Crippen molar-refractivity contribution in [2.45, 2.75) is 19.3 Å². The highest BCUT2D eigenvalue weighted by atomic mass is 15.4. The SMILES string of the molecule is C1=CC2CCC1C2.c1cnnnn1. The first-order chi connectivity index (χ1) is 6.45. The molecule has 0 N–H and O–H groups in total. The van der Waals surface area contributed by atoms with E-state index in [-0.39, 0.29) is 0 Å². The van der Waals surface area contributed by atoms with Crippen molar-refractivity contribution in [1.82, 2.24) is 20.6 Å². The smallest absolute Gasteiger partial charge is 0.0716 e. The first kappa shape index (κ1) is 8.29. The van der Waals surface area contributed by atoms with Crippen LogP contribution in [0.2, 0.25) is 0 Å². The molecule has 1 saturated carbocycles. The van der Waals surface area contributed by atoms with E-state index in [4.69, 9.17) is 0 Å². The molecule has 0 saturated heterocycles. The molecule has 13 heavy (non-hydrogen) atoms. The lowest BCUT2D eigenvalue weighted by Crippen LogP contribution is -1.84. The molecule has 0 spiro atoms. The van der Waals surface area contributed by atoms with E-state index in [9.17, 15) is 0 Å². The van der Waals surface area contributed by atoms with E-state index in [1.807, 2.05) is 0 Å². The van der Waals surface area contributed by atoms with Gasteiger partial charge in [0.15, 0.2) is 0 Å². The Morgan fingerprint density at radius 2 is 1.38 bits per heavy atom. The minimum absolute atomic E-state index is 0.991. The summed E-state index contributed by atoms with van der Waals surface area (Å²) in [7, 11) is 0. The van der Waals surface area contributed by atoms with E-state index >= 15 is 0 Å². The van der Waals surface area contributed by atoms with Gasteiger partial charge in [0.1, 0.15) is 0 Å². The fourth-order valence-corrected chi connectivity index (χ4v) is 1.88. The van der Waals surface area contributed by atoms with Crippen LogP contribution < -0.4 is 0 Å². The van der Waals surface area contributed by atoms with Crippen molar-refractivity contribution < 1.29 is 0 Å². The molecule has 1 fully saturated rings. The zero-order valence-electron chi connectivity index (χ0n) is 7.37. The van der Waals surface area contributed by atoms with Crippen molar-refractivity contribution in [3.05, 3.63) is 24.5 Å². The summed E-state index contributed by atoms with van der Waals surface area (Å²) in [4.78, 5) is 0. The van der Waals surface area contributed by atoms with Crippen LogP contribution in [-0.4, -0.2) is 20.6 Å². The predicted octanol–water partition coefficient (Wildman–Crippen LogP) is 1.24. The number of rotatable bonds is 0. The van der Waals surface area contributed by atoms with E-state index in [1.165, 1.54) is 31.7 Å². The molecular weight excluding hydrogens is 164 g/mol. The van der Waals surface area contributed by atoms with Gasteiger partial charge in [-0.25, -0.2) is 0 Å². The molecule has 4 nitrogen and oxygen atoms in total. The van der Waals surface area contributed by atoms with E-state index in [0.717, 1.165) is 11.8 Å². The van der Waals surface area contributed by atoms with Gasteiger partial charge in [0, 0.05) is 0 Å². The summed E-state index contributed by atoms with van der Waals surface area (Å²) in [5.41, 5.74) is 0. The van der Waals surface area contributed by atoms with Gasteiger partial charge in [-0.15, -0.1) is 10.2 Å². The predicted molar refractivity (Wildman–Crippen MR) is 47.6 cm³/mol. The highest BCUT2D eigenvalue weighted by Gasteiger charge is 2.25. The van der Waals surface area contributed by atoms with Gasteiger partial charge in [-0.1, -0.05) is 12.2 Å². The number of fused-ring (bicyclic) bond motifs is 2. The maximum Gasteiger partial charge on any atom is 0.0716 e. The van der Waals surface area contributed by atoms with Gasteiger partial charge in [0.05, 0.1) is 12.4 Å². The molecule has 2 aliphatic rings. The largest absolute Gasteiger partial charge is 0.136 e. The molecule has 1 heterocycles. The minimum Gasteiger partial charge on any atom is -0.136 e. The monoisotopic (exact) mass is 176 g/mol. The van der Waals surface area contributed by atoms with Crippen LogP contribution in [0.15, 0.2) is 24.5 Å². The lowest BCUT2D eigenvalue weighted by Gasteiger charge is -1.96. The normalized spacial score (nSPS) is 28.3. The molecule has 0 amide bonds. The highest BCUT2D eigenvalue weighted by Crippen LogP contribution is 2.38. The summed E-state index contributed by atoms with van der Waals surface area (Å²) in [5.74, 6) is 1.98. The second-order valence-corrected chi connectivity index (χ2v) is 3.43. The first-order valence-electron chi connectivity index (χ1n) is 4.58. The van der Waals surface area contributed by atoms with Crippen molar-refractivity contribution in [3.63, 3.8) is 0 Å². The molecule has 3 rings (SSSR count). The Labute approximate surface area is 77.1 Å². The fraction of sp³-hybridized carbons (Fsp3) is 0.556. The molecule has 4 heteroatoms. The molecule has 0 radical (unpaired) electrons. The van der Waals surface area contributed by atoms with Gasteiger partial charge in [-0.2, -0.15) is 0 Å². The summed E-state index contributed by atoms with van der Waals surface area (Å²) in [6, 6.07) is 0. The molecule has 2 aliphatic carbocycles. The van der Waals surface area contributed by atoms with E-state index in [1.54, 1.807) is 0 Å². The van der Waals surface area contributed by atoms with Crippen molar-refractivity contribution >= 4 is 0 Å². The number of hydrogen-bond acceptors (Lipinski definition) is 4. The van der Waals surface area contributed by atoms with Gasteiger partial charge >= 0.3 is 0 Å². The molecule has 0 aromatic carbocycles. The van der Waals surface area contributed by atoms with Gasteiger partial charge in [0.2, 0.25) is 0 Å². The second kappa shape index (κ2) is 4.07. The van der Waals surface area contributed by atoms with Crippen LogP contribution in [0.1, 0.15) is 19.3 Å². The topological polar surface area (TPSA) is 51.6 Å². The van der Waals surface area contributed by atoms with Gasteiger partial charge in [0.25, 0.3) is 0 Å². The minimum atomic E-state index is 0.991. The van der Waals surface area contributed by atoms with Crippen LogP contribution in [0.3, 0.4) is 0 Å². The lowest BCUT2D eigenvalue weighted by molar-refractivity contribution is 0.691. The molecular formula is C9H12N4. The number of allylic oxidation sites excluding steroid dienone is 2. The van der Waals surface area contributed by atoms with Gasteiger partial charge < -0.3 is 0 Å². The van der Waals surface area contributed by atoms with Crippen LogP contribution in [0, 0.1) is 11.8 Å². The molecule has 0 aliphatic heterocycles. The van der Waals surface area contributed by atoms with Gasteiger partial charge in [-0.05, 0) is 41.5 Å². The Bertz CT molecular complexity index is 233. The standard InChI is InChI=1S/C7H10.C2H2N4/c1-2-7-4-3-6(1)5-7;1-2-4-6-5-3-1/h1-2,6-7H,3-5H2;1-2H. The molecule has 2 unspecified atom stereocenters. The Balaban J connectivity index is 0.000000102. The van der Waals surface area contributed by atoms with Crippen LogP contribution in [0.25, 0.3) is 0 Å². The maximum absolute atomic E-state index is 3.36. The summed E-state index contributed by atoms with van der Waals surface area (Å²) < 4.78 is 0. The van der Waals surface area contributed by atoms with Crippen LogP contribution in [0.5, 0.6) is 0 Å². The van der Waals surface area contributed by atoms with Crippen LogP contribution >= 0.6 is 0 Å². The van der Waals surface area contributed by atoms with Crippen LogP contribution in [-0.2, 0) is 0 Å². The first-order valence-corrected chi connectivity index (χ1v) is 4.58. The molecule has 2 atom stereocenters. The van der Waals surface area contributed by atoms with E-state index in [2.05, 4.69) is 32.8 Å². The van der Waals surface area contributed by atoms with Crippen molar-refractivity contribution in [2.24, 2.45) is 11.8 Å². The third-order valence-corrected chi connectivity index (χ3v) is 2.51. The Morgan fingerprint density at radius 3 is 1.54 bits per heavy atom. The Morgan fingerprint density at radius 1 is 0.846 bits per heavy atom. The van der Waals surface area contributed by atoms with Crippen LogP contribution in [0.4, 0.5) is 0 Å². The molecule has 1 aromatic heterocycles. The summed E-state index contributed by atoms with van der Waals surface area (Å²) in [5, 5.41) is 13.1. The highest BCUT2D eigenvalue weighted by molar-refractivity contribution is 5.06. The second-order valence-electron chi connectivity index (χ2n) is 3.43. The van der Waals surface area contributed by atoms with Crippen molar-refractivity contribution in [3.8, 4) is 0 Å². The Kier molecular flexibility index (Phi) is 2.59. The van der Waals surface area contributed by atoms with E-state index < -0.39 is 0 Å². The number of aromatic nitrogens is 4. The van der Waals surface area contributed by atoms with Crippen molar-refractivity contribution in [1.29, 1.82) is 0 Å². The molecule has 2 bridgehead atoms. The van der Waals surface area contributed by atoms with E-state index in [0.29, 0.717) is 0 Å². The summed E-state index contributed by atoms with van der Waals surface area (Å²) in [6.07, 6.45) is 12.1. The third-order valence-electron chi connectivity index (χ3n) is 2.51. The lowest BCUT2D eigenvalue weighted by atomic mass is 10.1. The summed E-state index contributed by atoms with van der Waals surface area (Å²) in [6.45, 7) is 0. The fourth-order valence-electron chi connectivity index (χ4n) is 1.88. The zero-order valence-corrected chi connectivity index (χ0v) is 7.37. The molecule has 1 aromatic rings. The average Bonchev–Trinajstić information content (AvgIpc) is 2.85. The average molecular weight is 176 g/mol. The quantitative estimate of drug-likeness (QED) is 0.558. The third kappa shape index (κ3) is 2.31. The zero-order chi connectivity index (χ0) is 8.93. The number of nitrogens with zero attached hydrogens (tertiary/aromatic N) is 4. The van der Waals surface area contributed by atoms with Crippen molar-refractivity contribution in [2.75, 3.05) is 0 Å². The number of hydrogen-bond donors (Lipinski definition) is 0.